The van der Waals surface area contributed by atoms with Crippen molar-refractivity contribution in [1.82, 2.24) is 10.2 Å². The number of nitrogens with two attached hydrogens (primary N) is 1. The Morgan fingerprint density at radius 2 is 2.43 bits per heavy atom. The quantitative estimate of drug-likeness (QED) is 0.837. The van der Waals surface area contributed by atoms with Crippen molar-refractivity contribution >= 4 is 5.91 Å². The van der Waals surface area contributed by atoms with Gasteiger partial charge in [-0.05, 0) is 24.6 Å². The van der Waals surface area contributed by atoms with E-state index in [2.05, 4.69) is 5.32 Å². The van der Waals surface area contributed by atoms with Crippen molar-refractivity contribution in [2.75, 3.05) is 32.8 Å². The number of nitrogens with one attached hydrogen (secondary N) is 1. The van der Waals surface area contributed by atoms with Crippen LogP contribution < -0.4 is 11.1 Å². The number of halogens is 1. The molecule has 1 fully saturated rings. The summed E-state index contributed by atoms with van der Waals surface area (Å²) >= 11 is 0. The number of carbonyl (C=O) groups is 1. The number of hydrogen-bond donors (Lipinski definition) is 2. The Labute approximate surface area is 124 Å². The molecule has 1 heterocycles. The van der Waals surface area contributed by atoms with Gasteiger partial charge in [-0.1, -0.05) is 12.1 Å². The number of likely N-dealkylation sites (N-methyl/N-ethyl adjacent to an activating group) is 1. The molecule has 0 saturated carbocycles. The summed E-state index contributed by atoms with van der Waals surface area (Å²) in [5.74, 6) is -0.374. The standard InChI is InChI=1S/C15H22FN3O2/c1-2-18-15(20)14-10-21-7-6-19(14)13(9-17)11-4-3-5-12(16)8-11/h3-5,8,13-14H,2,6-7,9-10,17H2,1H3,(H,18,20). The molecule has 0 spiro atoms. The molecule has 0 bridgehead atoms. The number of carbonyl (C=O) groups excluding carboxylic acids is 1. The zero-order valence-corrected chi connectivity index (χ0v) is 12.2. The van der Waals surface area contributed by atoms with Crippen molar-refractivity contribution in [2.45, 2.75) is 19.0 Å². The summed E-state index contributed by atoms with van der Waals surface area (Å²) in [5.41, 5.74) is 6.67. The number of rotatable bonds is 5. The maximum atomic E-state index is 13.4. The minimum atomic E-state index is -0.393. The number of amides is 1. The molecule has 1 aromatic rings. The lowest BCUT2D eigenvalue weighted by atomic mass is 10.0. The highest BCUT2D eigenvalue weighted by molar-refractivity contribution is 5.82. The van der Waals surface area contributed by atoms with Gasteiger partial charge in [0.15, 0.2) is 0 Å². The van der Waals surface area contributed by atoms with E-state index in [9.17, 15) is 9.18 Å². The first-order chi connectivity index (χ1) is 10.2. The van der Waals surface area contributed by atoms with E-state index < -0.39 is 6.04 Å². The fourth-order valence-electron chi connectivity index (χ4n) is 2.68. The number of ether oxygens (including phenoxy) is 1. The third-order valence-electron chi connectivity index (χ3n) is 3.68. The fraction of sp³-hybridized carbons (Fsp3) is 0.533. The normalized spacial score (nSPS) is 21.0. The van der Waals surface area contributed by atoms with Gasteiger partial charge in [-0.25, -0.2) is 4.39 Å². The van der Waals surface area contributed by atoms with E-state index in [-0.39, 0.29) is 17.8 Å². The zero-order chi connectivity index (χ0) is 15.2. The molecule has 5 nitrogen and oxygen atoms in total. The number of morpholine rings is 1. The fourth-order valence-corrected chi connectivity index (χ4v) is 2.68. The number of benzene rings is 1. The molecule has 0 aromatic heterocycles. The third kappa shape index (κ3) is 3.78. The molecular formula is C15H22FN3O2. The first-order valence-corrected chi connectivity index (χ1v) is 7.24. The molecule has 1 aliphatic heterocycles. The average Bonchev–Trinajstić information content (AvgIpc) is 2.49. The Hall–Kier alpha value is -1.50. The second-order valence-electron chi connectivity index (χ2n) is 5.03. The van der Waals surface area contributed by atoms with Gasteiger partial charge in [-0.15, -0.1) is 0 Å². The van der Waals surface area contributed by atoms with Crippen LogP contribution in [0.25, 0.3) is 0 Å². The molecule has 1 aliphatic rings. The lowest BCUT2D eigenvalue weighted by molar-refractivity contribution is -0.134. The van der Waals surface area contributed by atoms with Gasteiger partial charge in [-0.2, -0.15) is 0 Å². The van der Waals surface area contributed by atoms with Crippen LogP contribution in [-0.2, 0) is 9.53 Å². The Kier molecular flexibility index (Phi) is 5.67. The highest BCUT2D eigenvalue weighted by Gasteiger charge is 2.34. The summed E-state index contributed by atoms with van der Waals surface area (Å²) in [6.45, 7) is 4.23. The maximum Gasteiger partial charge on any atom is 0.239 e. The molecule has 6 heteroatoms. The molecule has 2 atom stereocenters. The first-order valence-electron chi connectivity index (χ1n) is 7.24. The van der Waals surface area contributed by atoms with E-state index in [4.69, 9.17) is 10.5 Å². The molecule has 116 valence electrons. The van der Waals surface area contributed by atoms with Crippen molar-refractivity contribution in [2.24, 2.45) is 5.73 Å². The molecule has 2 rings (SSSR count). The van der Waals surface area contributed by atoms with Crippen molar-refractivity contribution in [3.05, 3.63) is 35.6 Å². The SMILES string of the molecule is CCNC(=O)C1COCCN1C(CN)c1cccc(F)c1. The lowest BCUT2D eigenvalue weighted by Crippen LogP contribution is -2.55. The predicted molar refractivity (Wildman–Crippen MR) is 78.2 cm³/mol. The molecule has 21 heavy (non-hydrogen) atoms. The van der Waals surface area contributed by atoms with E-state index in [0.717, 1.165) is 5.56 Å². The van der Waals surface area contributed by atoms with Crippen molar-refractivity contribution in [3.63, 3.8) is 0 Å². The highest BCUT2D eigenvalue weighted by atomic mass is 19.1. The van der Waals surface area contributed by atoms with E-state index in [1.807, 2.05) is 17.9 Å². The van der Waals surface area contributed by atoms with Crippen LogP contribution in [-0.4, -0.2) is 49.7 Å². The zero-order valence-electron chi connectivity index (χ0n) is 12.2. The van der Waals surface area contributed by atoms with Gasteiger partial charge in [-0.3, -0.25) is 9.69 Å². The molecule has 1 saturated heterocycles. The van der Waals surface area contributed by atoms with Crippen LogP contribution in [0.5, 0.6) is 0 Å². The van der Waals surface area contributed by atoms with Crippen LogP contribution in [0.2, 0.25) is 0 Å². The Balaban J connectivity index is 2.23. The highest BCUT2D eigenvalue weighted by Crippen LogP contribution is 2.24. The van der Waals surface area contributed by atoms with E-state index >= 15 is 0 Å². The molecule has 1 amide bonds. The molecule has 1 aromatic carbocycles. The summed E-state index contributed by atoms with van der Waals surface area (Å²) < 4.78 is 18.9. The van der Waals surface area contributed by atoms with Gasteiger partial charge in [0.25, 0.3) is 0 Å². The van der Waals surface area contributed by atoms with Crippen LogP contribution in [0.1, 0.15) is 18.5 Å². The van der Waals surface area contributed by atoms with Gasteiger partial charge < -0.3 is 15.8 Å². The summed E-state index contributed by atoms with van der Waals surface area (Å²) in [7, 11) is 0. The predicted octanol–water partition coefficient (Wildman–Crippen LogP) is 0.662. The van der Waals surface area contributed by atoms with Gasteiger partial charge >= 0.3 is 0 Å². The summed E-state index contributed by atoms with van der Waals surface area (Å²) in [4.78, 5) is 14.2. The van der Waals surface area contributed by atoms with Crippen LogP contribution in [0.3, 0.4) is 0 Å². The van der Waals surface area contributed by atoms with Gasteiger partial charge in [0.2, 0.25) is 5.91 Å². The second-order valence-corrected chi connectivity index (χ2v) is 5.03. The summed E-state index contributed by atoms with van der Waals surface area (Å²) in [5, 5.41) is 2.81. The van der Waals surface area contributed by atoms with Crippen LogP contribution in [0.15, 0.2) is 24.3 Å². The smallest absolute Gasteiger partial charge is 0.239 e. The molecule has 0 aliphatic carbocycles. The van der Waals surface area contributed by atoms with Gasteiger partial charge in [0.1, 0.15) is 11.9 Å². The monoisotopic (exact) mass is 295 g/mol. The van der Waals surface area contributed by atoms with Crippen LogP contribution in [0.4, 0.5) is 4.39 Å². The van der Waals surface area contributed by atoms with Gasteiger partial charge in [0, 0.05) is 25.7 Å². The van der Waals surface area contributed by atoms with Crippen molar-refractivity contribution in [3.8, 4) is 0 Å². The lowest BCUT2D eigenvalue weighted by Gasteiger charge is -2.39. The third-order valence-corrected chi connectivity index (χ3v) is 3.68. The first kappa shape index (κ1) is 15.9. The van der Waals surface area contributed by atoms with Crippen LogP contribution in [0, 0.1) is 5.82 Å². The Bertz CT molecular complexity index is 484. The minimum Gasteiger partial charge on any atom is -0.378 e. The summed E-state index contributed by atoms with van der Waals surface area (Å²) in [6, 6.07) is 5.78. The molecule has 3 N–H and O–H groups in total. The van der Waals surface area contributed by atoms with Crippen molar-refractivity contribution < 1.29 is 13.9 Å². The number of hydrogen-bond acceptors (Lipinski definition) is 4. The second kappa shape index (κ2) is 7.49. The van der Waals surface area contributed by atoms with E-state index in [1.165, 1.54) is 12.1 Å². The minimum absolute atomic E-state index is 0.0768. The molecule has 0 radical (unpaired) electrons. The van der Waals surface area contributed by atoms with E-state index in [1.54, 1.807) is 6.07 Å². The largest absolute Gasteiger partial charge is 0.378 e. The number of nitrogens with zero attached hydrogens (tertiary/aromatic N) is 1. The van der Waals surface area contributed by atoms with E-state index in [0.29, 0.717) is 32.8 Å². The van der Waals surface area contributed by atoms with Gasteiger partial charge in [0.05, 0.1) is 13.2 Å². The Morgan fingerprint density at radius 1 is 1.62 bits per heavy atom. The van der Waals surface area contributed by atoms with Crippen LogP contribution >= 0.6 is 0 Å². The topological polar surface area (TPSA) is 67.6 Å². The summed E-state index contributed by atoms with van der Waals surface area (Å²) in [6.07, 6.45) is 0. The maximum absolute atomic E-state index is 13.4. The average molecular weight is 295 g/mol. The Morgan fingerprint density at radius 3 is 3.10 bits per heavy atom. The molecule has 2 unspecified atom stereocenters. The van der Waals surface area contributed by atoms with Crippen molar-refractivity contribution in [1.29, 1.82) is 0 Å². The molecular weight excluding hydrogens is 273 g/mol.